The van der Waals surface area contributed by atoms with Crippen LogP contribution >= 0.6 is 0 Å². The molecule has 0 fully saturated rings. The minimum atomic E-state index is -0.641. The average Bonchev–Trinajstić information content (AvgIpc) is 2.06. The summed E-state index contributed by atoms with van der Waals surface area (Å²) in [4.78, 5) is 0. The standard InChI is InChI=1S/C9H11O2/c10-7-9(11)6-8-4-2-1-3-5-8/h2-5,9-11H,6-7H2. The van der Waals surface area contributed by atoms with Gasteiger partial charge in [-0.25, -0.2) is 0 Å². The third-order valence-electron chi connectivity index (χ3n) is 1.47. The molecule has 0 spiro atoms. The maximum Gasteiger partial charge on any atom is 0.0811 e. The molecular formula is C9H11O2. The van der Waals surface area contributed by atoms with Gasteiger partial charge in [-0.05, 0) is 11.6 Å². The van der Waals surface area contributed by atoms with Crippen LogP contribution in [0.2, 0.25) is 0 Å². The Morgan fingerprint density at radius 2 is 2.00 bits per heavy atom. The Labute approximate surface area is 66.1 Å². The number of hydrogen-bond donors (Lipinski definition) is 2. The molecule has 2 heteroatoms. The van der Waals surface area contributed by atoms with Crippen LogP contribution in [0.5, 0.6) is 0 Å². The topological polar surface area (TPSA) is 40.5 Å². The summed E-state index contributed by atoms with van der Waals surface area (Å²) in [5, 5.41) is 17.6. The second-order valence-corrected chi connectivity index (χ2v) is 2.45. The lowest BCUT2D eigenvalue weighted by atomic mass is 10.1. The number of rotatable bonds is 3. The fraction of sp³-hybridized carbons (Fsp3) is 0.333. The molecule has 0 saturated heterocycles. The highest BCUT2D eigenvalue weighted by molar-refractivity contribution is 5.14. The zero-order chi connectivity index (χ0) is 8.10. The third-order valence-corrected chi connectivity index (χ3v) is 1.47. The quantitative estimate of drug-likeness (QED) is 0.655. The van der Waals surface area contributed by atoms with Gasteiger partial charge < -0.3 is 10.2 Å². The van der Waals surface area contributed by atoms with Crippen molar-refractivity contribution < 1.29 is 10.2 Å². The van der Waals surface area contributed by atoms with E-state index in [2.05, 4.69) is 6.07 Å². The second kappa shape index (κ2) is 4.11. The summed E-state index contributed by atoms with van der Waals surface area (Å²) in [7, 11) is 0. The van der Waals surface area contributed by atoms with Crippen molar-refractivity contribution in [3.8, 4) is 0 Å². The second-order valence-electron chi connectivity index (χ2n) is 2.45. The van der Waals surface area contributed by atoms with E-state index in [0.717, 1.165) is 5.56 Å². The Hall–Kier alpha value is -0.860. The Kier molecular flexibility index (Phi) is 3.08. The predicted molar refractivity (Wildman–Crippen MR) is 42.1 cm³/mol. The molecule has 0 bridgehead atoms. The Morgan fingerprint density at radius 3 is 2.55 bits per heavy atom. The van der Waals surface area contributed by atoms with E-state index in [1.807, 2.05) is 12.1 Å². The van der Waals surface area contributed by atoms with Crippen molar-refractivity contribution in [1.82, 2.24) is 0 Å². The van der Waals surface area contributed by atoms with E-state index in [1.54, 1.807) is 12.1 Å². The SMILES string of the molecule is OCC(O)Cc1cc[c]cc1. The van der Waals surface area contributed by atoms with Crippen LogP contribution in [-0.4, -0.2) is 22.9 Å². The molecule has 0 heterocycles. The fourth-order valence-electron chi connectivity index (χ4n) is 0.894. The lowest BCUT2D eigenvalue weighted by molar-refractivity contribution is 0.0955. The molecule has 1 aromatic rings. The molecule has 1 unspecified atom stereocenters. The number of hydrogen-bond acceptors (Lipinski definition) is 2. The lowest BCUT2D eigenvalue weighted by Gasteiger charge is -2.05. The van der Waals surface area contributed by atoms with E-state index in [-0.39, 0.29) is 6.61 Å². The molecule has 2 nitrogen and oxygen atoms in total. The first-order valence-electron chi connectivity index (χ1n) is 3.57. The van der Waals surface area contributed by atoms with Crippen LogP contribution in [0.25, 0.3) is 0 Å². The molecule has 1 atom stereocenters. The summed E-state index contributed by atoms with van der Waals surface area (Å²) in [5.74, 6) is 0. The number of benzene rings is 1. The zero-order valence-corrected chi connectivity index (χ0v) is 6.20. The zero-order valence-electron chi connectivity index (χ0n) is 6.20. The van der Waals surface area contributed by atoms with Crippen molar-refractivity contribution in [2.75, 3.05) is 6.61 Å². The molecular weight excluding hydrogens is 140 g/mol. The molecule has 59 valence electrons. The van der Waals surface area contributed by atoms with Crippen LogP contribution in [0.1, 0.15) is 5.56 Å². The van der Waals surface area contributed by atoms with Gasteiger partial charge in [-0.3, -0.25) is 0 Å². The molecule has 1 radical (unpaired) electrons. The molecule has 11 heavy (non-hydrogen) atoms. The Bertz CT molecular complexity index is 196. The van der Waals surface area contributed by atoms with Gasteiger partial charge in [0.15, 0.2) is 0 Å². The predicted octanol–water partition coefficient (Wildman–Crippen LogP) is 0.382. The normalized spacial score (nSPS) is 12.9. The van der Waals surface area contributed by atoms with E-state index < -0.39 is 6.10 Å². The first-order chi connectivity index (χ1) is 5.33. The molecule has 0 aromatic heterocycles. The van der Waals surface area contributed by atoms with Crippen molar-refractivity contribution in [1.29, 1.82) is 0 Å². The van der Waals surface area contributed by atoms with Crippen LogP contribution in [-0.2, 0) is 6.42 Å². The molecule has 0 aliphatic carbocycles. The van der Waals surface area contributed by atoms with E-state index in [9.17, 15) is 0 Å². The van der Waals surface area contributed by atoms with Crippen LogP contribution in [0.15, 0.2) is 24.3 Å². The fourth-order valence-corrected chi connectivity index (χ4v) is 0.894. The Morgan fingerprint density at radius 1 is 1.36 bits per heavy atom. The monoisotopic (exact) mass is 151 g/mol. The average molecular weight is 151 g/mol. The Balaban J connectivity index is 2.51. The van der Waals surface area contributed by atoms with Gasteiger partial charge in [0, 0.05) is 6.42 Å². The summed E-state index contributed by atoms with van der Waals surface area (Å²) >= 11 is 0. The van der Waals surface area contributed by atoms with E-state index in [4.69, 9.17) is 10.2 Å². The maximum absolute atomic E-state index is 9.05. The lowest BCUT2D eigenvalue weighted by Crippen LogP contribution is -2.14. The van der Waals surface area contributed by atoms with E-state index in [0.29, 0.717) is 6.42 Å². The molecule has 0 aliphatic heterocycles. The first kappa shape index (κ1) is 8.24. The van der Waals surface area contributed by atoms with Gasteiger partial charge in [-0.1, -0.05) is 24.3 Å². The molecule has 0 saturated carbocycles. The molecule has 2 N–H and O–H groups in total. The van der Waals surface area contributed by atoms with E-state index in [1.165, 1.54) is 0 Å². The minimum absolute atomic E-state index is 0.182. The van der Waals surface area contributed by atoms with Gasteiger partial charge in [-0.2, -0.15) is 0 Å². The van der Waals surface area contributed by atoms with Crippen LogP contribution < -0.4 is 0 Å². The maximum atomic E-state index is 9.05. The van der Waals surface area contributed by atoms with Gasteiger partial charge in [0.25, 0.3) is 0 Å². The summed E-state index contributed by atoms with van der Waals surface area (Å²) in [5.41, 5.74) is 1.02. The van der Waals surface area contributed by atoms with Crippen LogP contribution in [0, 0.1) is 6.07 Å². The van der Waals surface area contributed by atoms with Crippen molar-refractivity contribution in [2.45, 2.75) is 12.5 Å². The highest BCUT2D eigenvalue weighted by atomic mass is 16.3. The van der Waals surface area contributed by atoms with Crippen LogP contribution in [0.4, 0.5) is 0 Å². The summed E-state index contributed by atoms with van der Waals surface area (Å²) < 4.78 is 0. The smallest absolute Gasteiger partial charge is 0.0811 e. The summed E-state index contributed by atoms with van der Waals surface area (Å²) in [6.45, 7) is -0.182. The molecule has 1 aromatic carbocycles. The highest BCUT2D eigenvalue weighted by Crippen LogP contribution is 2.01. The van der Waals surface area contributed by atoms with Crippen molar-refractivity contribution in [3.63, 3.8) is 0 Å². The van der Waals surface area contributed by atoms with Gasteiger partial charge in [-0.15, -0.1) is 0 Å². The molecule has 0 aliphatic rings. The minimum Gasteiger partial charge on any atom is -0.394 e. The van der Waals surface area contributed by atoms with Gasteiger partial charge in [0.1, 0.15) is 0 Å². The summed E-state index contributed by atoms with van der Waals surface area (Å²) in [6.07, 6.45) is -0.136. The van der Waals surface area contributed by atoms with Crippen LogP contribution in [0.3, 0.4) is 0 Å². The first-order valence-corrected chi connectivity index (χ1v) is 3.57. The van der Waals surface area contributed by atoms with Crippen molar-refractivity contribution in [3.05, 3.63) is 35.9 Å². The highest BCUT2D eigenvalue weighted by Gasteiger charge is 2.01. The van der Waals surface area contributed by atoms with Gasteiger partial charge >= 0.3 is 0 Å². The number of aliphatic hydroxyl groups excluding tert-OH is 2. The largest absolute Gasteiger partial charge is 0.394 e. The molecule has 1 rings (SSSR count). The van der Waals surface area contributed by atoms with E-state index >= 15 is 0 Å². The van der Waals surface area contributed by atoms with Gasteiger partial charge in [0.05, 0.1) is 12.7 Å². The van der Waals surface area contributed by atoms with Crippen molar-refractivity contribution in [2.24, 2.45) is 0 Å². The van der Waals surface area contributed by atoms with Crippen molar-refractivity contribution >= 4 is 0 Å². The third kappa shape index (κ3) is 2.70. The number of aliphatic hydroxyl groups is 2. The summed E-state index contributed by atoms with van der Waals surface area (Å²) in [6, 6.07) is 10.2. The van der Waals surface area contributed by atoms with Gasteiger partial charge in [0.2, 0.25) is 0 Å². The molecule has 0 amide bonds.